The predicted molar refractivity (Wildman–Crippen MR) is 59.8 cm³/mol. The van der Waals surface area contributed by atoms with Crippen molar-refractivity contribution in [3.05, 3.63) is 41.7 Å². The topological polar surface area (TPSA) is 62.5 Å². The summed E-state index contributed by atoms with van der Waals surface area (Å²) >= 11 is 1.36. The van der Waals surface area contributed by atoms with Crippen molar-refractivity contribution in [3.8, 4) is 6.07 Å². The van der Waals surface area contributed by atoms with Crippen LogP contribution < -0.4 is 0 Å². The van der Waals surface area contributed by atoms with Gasteiger partial charge in [0.25, 0.3) is 0 Å². The molecule has 2 aromatic heterocycles. The Bertz CT molecular complexity index is 548. The first-order valence-electron chi connectivity index (χ1n) is 4.62. The van der Waals surface area contributed by atoms with Crippen molar-refractivity contribution in [2.45, 2.75) is 17.0 Å². The molecule has 78 valence electrons. The number of aryl methyl sites for hydroxylation is 1. The second kappa shape index (κ2) is 4.73. The van der Waals surface area contributed by atoms with E-state index in [2.05, 4.69) is 21.3 Å². The Labute approximate surface area is 97.4 Å². The van der Waals surface area contributed by atoms with Gasteiger partial charge in [-0.3, -0.25) is 0 Å². The Morgan fingerprint density at radius 2 is 2.12 bits per heavy atom. The zero-order valence-electron chi connectivity index (χ0n) is 8.58. The van der Waals surface area contributed by atoms with E-state index in [9.17, 15) is 0 Å². The fourth-order valence-electron chi connectivity index (χ4n) is 1.15. The smallest absolute Gasteiger partial charge is 0.143 e. The molecule has 2 rings (SSSR count). The predicted octanol–water partition coefficient (Wildman–Crippen LogP) is 2.20. The standard InChI is InChI=1S/C11H8N4S/c1-8-3-2-5-13-10(8)16-11-9(7-12)4-6-14-15-11/h2-6H,1H3. The van der Waals surface area contributed by atoms with E-state index >= 15 is 0 Å². The number of nitrogens with zero attached hydrogens (tertiary/aromatic N) is 4. The van der Waals surface area contributed by atoms with Crippen molar-refractivity contribution < 1.29 is 0 Å². The minimum Gasteiger partial charge on any atom is -0.249 e. The van der Waals surface area contributed by atoms with Gasteiger partial charge in [0.05, 0.1) is 11.8 Å². The highest BCUT2D eigenvalue weighted by Crippen LogP contribution is 2.28. The number of rotatable bonds is 2. The lowest BCUT2D eigenvalue weighted by atomic mass is 10.3. The SMILES string of the molecule is Cc1cccnc1Sc1nnccc1C#N. The molecule has 0 saturated heterocycles. The van der Waals surface area contributed by atoms with Crippen LogP contribution in [0.25, 0.3) is 0 Å². The van der Waals surface area contributed by atoms with Crippen molar-refractivity contribution in [3.63, 3.8) is 0 Å². The maximum Gasteiger partial charge on any atom is 0.143 e. The van der Waals surface area contributed by atoms with Crippen molar-refractivity contribution in [1.82, 2.24) is 15.2 Å². The quantitative estimate of drug-likeness (QED) is 0.788. The normalized spacial score (nSPS) is 9.75. The van der Waals surface area contributed by atoms with E-state index in [-0.39, 0.29) is 0 Å². The zero-order chi connectivity index (χ0) is 11.4. The molecule has 0 unspecified atom stereocenters. The molecule has 0 amide bonds. The molecule has 0 saturated carbocycles. The van der Waals surface area contributed by atoms with Gasteiger partial charge in [0.2, 0.25) is 0 Å². The molecule has 2 heterocycles. The summed E-state index contributed by atoms with van der Waals surface area (Å²) in [5.41, 5.74) is 1.58. The molecule has 0 aliphatic rings. The Morgan fingerprint density at radius 3 is 2.88 bits per heavy atom. The van der Waals surface area contributed by atoms with Gasteiger partial charge in [0, 0.05) is 6.20 Å². The highest BCUT2D eigenvalue weighted by molar-refractivity contribution is 7.99. The molecule has 0 aliphatic heterocycles. The van der Waals surface area contributed by atoms with Crippen LogP contribution in [0.1, 0.15) is 11.1 Å². The average Bonchev–Trinajstić information content (AvgIpc) is 2.33. The maximum absolute atomic E-state index is 8.91. The van der Waals surface area contributed by atoms with Gasteiger partial charge in [-0.25, -0.2) is 4.98 Å². The lowest BCUT2D eigenvalue weighted by Crippen LogP contribution is -1.91. The van der Waals surface area contributed by atoms with E-state index in [0.717, 1.165) is 10.6 Å². The van der Waals surface area contributed by atoms with E-state index < -0.39 is 0 Å². The summed E-state index contributed by atoms with van der Waals surface area (Å²) in [6.07, 6.45) is 3.23. The van der Waals surface area contributed by atoms with Gasteiger partial charge in [0.1, 0.15) is 16.1 Å². The summed E-state index contributed by atoms with van der Waals surface area (Å²) < 4.78 is 0. The van der Waals surface area contributed by atoms with Crippen LogP contribution in [0.2, 0.25) is 0 Å². The second-order valence-electron chi connectivity index (χ2n) is 3.09. The van der Waals surface area contributed by atoms with E-state index in [4.69, 9.17) is 5.26 Å². The van der Waals surface area contributed by atoms with Crippen LogP contribution >= 0.6 is 11.8 Å². The van der Waals surface area contributed by atoms with Crippen LogP contribution in [0.3, 0.4) is 0 Å². The average molecular weight is 228 g/mol. The Balaban J connectivity index is 2.35. The Hall–Kier alpha value is -1.93. The summed E-state index contributed by atoms with van der Waals surface area (Å²) in [4.78, 5) is 4.23. The third kappa shape index (κ3) is 2.18. The van der Waals surface area contributed by atoms with Crippen LogP contribution in [-0.2, 0) is 0 Å². The van der Waals surface area contributed by atoms with Crippen LogP contribution in [0.4, 0.5) is 0 Å². The molecule has 0 N–H and O–H groups in total. The van der Waals surface area contributed by atoms with Crippen molar-refractivity contribution in [1.29, 1.82) is 5.26 Å². The summed E-state index contributed by atoms with van der Waals surface area (Å²) in [5, 5.41) is 18.1. The molecule has 0 spiro atoms. The van der Waals surface area contributed by atoms with Gasteiger partial charge < -0.3 is 0 Å². The van der Waals surface area contributed by atoms with Gasteiger partial charge in [-0.1, -0.05) is 6.07 Å². The number of nitriles is 1. The van der Waals surface area contributed by atoms with E-state index in [0.29, 0.717) is 10.6 Å². The maximum atomic E-state index is 8.91. The molecule has 0 aliphatic carbocycles. The van der Waals surface area contributed by atoms with E-state index in [1.165, 1.54) is 18.0 Å². The van der Waals surface area contributed by atoms with Gasteiger partial charge in [-0.15, -0.1) is 5.10 Å². The Kier molecular flexibility index (Phi) is 3.13. The van der Waals surface area contributed by atoms with Crippen LogP contribution in [0.5, 0.6) is 0 Å². The summed E-state index contributed by atoms with van der Waals surface area (Å²) in [7, 11) is 0. The summed E-state index contributed by atoms with van der Waals surface area (Å²) in [6.45, 7) is 1.97. The molecule has 0 aromatic carbocycles. The van der Waals surface area contributed by atoms with Crippen molar-refractivity contribution >= 4 is 11.8 Å². The molecule has 5 heteroatoms. The molecule has 4 nitrogen and oxygen atoms in total. The summed E-state index contributed by atoms with van der Waals surface area (Å²) in [6, 6.07) is 7.58. The molecule has 0 atom stereocenters. The minimum absolute atomic E-state index is 0.519. The monoisotopic (exact) mass is 228 g/mol. The van der Waals surface area contributed by atoms with Crippen molar-refractivity contribution in [2.24, 2.45) is 0 Å². The summed E-state index contributed by atoms with van der Waals surface area (Å²) in [5.74, 6) is 0. The zero-order valence-corrected chi connectivity index (χ0v) is 9.40. The number of pyridine rings is 1. The fraction of sp³-hybridized carbons (Fsp3) is 0.0909. The number of aromatic nitrogens is 3. The number of hydrogen-bond donors (Lipinski definition) is 0. The first-order valence-corrected chi connectivity index (χ1v) is 5.44. The fourth-order valence-corrected chi connectivity index (χ4v) is 1.99. The van der Waals surface area contributed by atoms with Crippen LogP contribution in [0.15, 0.2) is 40.6 Å². The highest BCUT2D eigenvalue weighted by Gasteiger charge is 2.08. The number of hydrogen-bond acceptors (Lipinski definition) is 5. The molecule has 0 bridgehead atoms. The first-order chi connectivity index (χ1) is 7.81. The van der Waals surface area contributed by atoms with E-state index in [1.54, 1.807) is 12.3 Å². The highest BCUT2D eigenvalue weighted by atomic mass is 32.2. The first kappa shape index (κ1) is 10.6. The third-order valence-corrected chi connectivity index (χ3v) is 3.08. The molecule has 2 aromatic rings. The molecule has 16 heavy (non-hydrogen) atoms. The van der Waals surface area contributed by atoms with Crippen LogP contribution in [0, 0.1) is 18.3 Å². The minimum atomic E-state index is 0.519. The molecular weight excluding hydrogens is 220 g/mol. The molecule has 0 radical (unpaired) electrons. The Morgan fingerprint density at radius 1 is 1.25 bits per heavy atom. The second-order valence-corrected chi connectivity index (χ2v) is 4.07. The largest absolute Gasteiger partial charge is 0.249 e. The van der Waals surface area contributed by atoms with Crippen LogP contribution in [-0.4, -0.2) is 15.2 Å². The van der Waals surface area contributed by atoms with Crippen molar-refractivity contribution in [2.75, 3.05) is 0 Å². The third-order valence-electron chi connectivity index (χ3n) is 1.96. The van der Waals surface area contributed by atoms with Gasteiger partial charge >= 0.3 is 0 Å². The molecular formula is C11H8N4S. The van der Waals surface area contributed by atoms with Gasteiger partial charge in [-0.05, 0) is 36.4 Å². The lowest BCUT2D eigenvalue weighted by molar-refractivity contribution is 0.915. The van der Waals surface area contributed by atoms with Gasteiger partial charge in [0.15, 0.2) is 0 Å². The van der Waals surface area contributed by atoms with E-state index in [1.807, 2.05) is 19.1 Å². The lowest BCUT2D eigenvalue weighted by Gasteiger charge is -2.03. The molecule has 0 fully saturated rings. The van der Waals surface area contributed by atoms with Gasteiger partial charge in [-0.2, -0.15) is 10.4 Å².